The van der Waals surface area contributed by atoms with Crippen LogP contribution >= 0.6 is 11.3 Å². The molecule has 150 valence electrons. The van der Waals surface area contributed by atoms with E-state index < -0.39 is 12.1 Å². The van der Waals surface area contributed by atoms with E-state index in [2.05, 4.69) is 10.6 Å². The van der Waals surface area contributed by atoms with E-state index in [9.17, 15) is 9.59 Å². The maximum Gasteiger partial charge on any atom is 0.344 e. The van der Waals surface area contributed by atoms with E-state index in [1.165, 1.54) is 6.92 Å². The van der Waals surface area contributed by atoms with Crippen LogP contribution < -0.4 is 15.4 Å². The predicted molar refractivity (Wildman–Crippen MR) is 113 cm³/mol. The van der Waals surface area contributed by atoms with Gasteiger partial charge in [-0.25, -0.2) is 4.79 Å². The highest BCUT2D eigenvalue weighted by molar-refractivity contribution is 7.09. The highest BCUT2D eigenvalue weighted by atomic mass is 32.1. The third-order valence-corrected chi connectivity index (χ3v) is 4.84. The SMILES string of the molecule is C[C@@H](OC(=O)COc1ccc(Nc2ccccc2)cc1)C(=O)NCc1cccs1. The first-order valence-electron chi connectivity index (χ1n) is 9.14. The van der Waals surface area contributed by atoms with Crippen LogP contribution in [0.5, 0.6) is 5.75 Å². The molecule has 0 spiro atoms. The fraction of sp³-hybridized carbons (Fsp3) is 0.182. The van der Waals surface area contributed by atoms with Gasteiger partial charge in [0.15, 0.2) is 12.7 Å². The number of para-hydroxylation sites is 1. The van der Waals surface area contributed by atoms with Crippen molar-refractivity contribution in [3.8, 4) is 5.75 Å². The lowest BCUT2D eigenvalue weighted by Crippen LogP contribution is -2.36. The van der Waals surface area contributed by atoms with Crippen LogP contribution in [0.4, 0.5) is 11.4 Å². The number of amides is 1. The Morgan fingerprint density at radius 2 is 1.69 bits per heavy atom. The van der Waals surface area contributed by atoms with Gasteiger partial charge in [0.2, 0.25) is 0 Å². The molecule has 0 radical (unpaired) electrons. The average Bonchev–Trinajstić information content (AvgIpc) is 3.26. The van der Waals surface area contributed by atoms with Crippen molar-refractivity contribution in [2.75, 3.05) is 11.9 Å². The van der Waals surface area contributed by atoms with Crippen molar-refractivity contribution < 1.29 is 19.1 Å². The van der Waals surface area contributed by atoms with Crippen molar-refractivity contribution in [3.63, 3.8) is 0 Å². The zero-order chi connectivity index (χ0) is 20.5. The van der Waals surface area contributed by atoms with Gasteiger partial charge in [0.1, 0.15) is 5.75 Å². The lowest BCUT2D eigenvalue weighted by molar-refractivity contribution is -0.156. The summed E-state index contributed by atoms with van der Waals surface area (Å²) >= 11 is 1.55. The Morgan fingerprint density at radius 3 is 2.38 bits per heavy atom. The maximum atomic E-state index is 12.0. The molecule has 0 saturated heterocycles. The average molecular weight is 410 g/mol. The first-order chi connectivity index (χ1) is 14.1. The van der Waals surface area contributed by atoms with Crippen LogP contribution in [-0.2, 0) is 20.9 Å². The largest absolute Gasteiger partial charge is 0.482 e. The summed E-state index contributed by atoms with van der Waals surface area (Å²) in [5.41, 5.74) is 1.89. The standard InChI is InChI=1S/C22H22N2O4S/c1-16(22(26)23-14-20-8-5-13-29-20)28-21(25)15-27-19-11-9-18(10-12-19)24-17-6-3-2-4-7-17/h2-13,16,24H,14-15H2,1H3,(H,23,26)/t16-/m1/s1. The van der Waals surface area contributed by atoms with E-state index in [1.807, 2.05) is 60.0 Å². The van der Waals surface area contributed by atoms with Gasteiger partial charge in [-0.3, -0.25) is 4.79 Å². The van der Waals surface area contributed by atoms with Crippen LogP contribution in [0.25, 0.3) is 0 Å². The second-order valence-electron chi connectivity index (χ2n) is 6.23. The summed E-state index contributed by atoms with van der Waals surface area (Å²) in [6.45, 7) is 1.68. The van der Waals surface area contributed by atoms with Crippen LogP contribution in [0.1, 0.15) is 11.8 Å². The van der Waals surface area contributed by atoms with Gasteiger partial charge in [-0.2, -0.15) is 0 Å². The number of rotatable bonds is 9. The minimum absolute atomic E-state index is 0.270. The third kappa shape index (κ3) is 6.65. The van der Waals surface area contributed by atoms with Gasteiger partial charge < -0.3 is 20.1 Å². The molecule has 0 aliphatic carbocycles. The summed E-state index contributed by atoms with van der Waals surface area (Å²) in [6, 6.07) is 20.9. The molecule has 1 aromatic heterocycles. The fourth-order valence-electron chi connectivity index (χ4n) is 2.48. The number of carbonyl (C=O) groups excluding carboxylic acids is 2. The molecule has 2 aromatic carbocycles. The Kier molecular flexibility index (Phi) is 7.24. The summed E-state index contributed by atoms with van der Waals surface area (Å²) in [5.74, 6) is -0.409. The molecule has 1 atom stereocenters. The van der Waals surface area contributed by atoms with E-state index in [4.69, 9.17) is 9.47 Å². The number of hydrogen-bond acceptors (Lipinski definition) is 6. The number of carbonyl (C=O) groups is 2. The minimum atomic E-state index is -0.886. The minimum Gasteiger partial charge on any atom is -0.482 e. The number of ether oxygens (including phenoxy) is 2. The first kappa shape index (κ1) is 20.4. The molecule has 29 heavy (non-hydrogen) atoms. The van der Waals surface area contributed by atoms with E-state index >= 15 is 0 Å². The zero-order valence-corrected chi connectivity index (χ0v) is 16.8. The van der Waals surface area contributed by atoms with Crippen LogP contribution in [0.3, 0.4) is 0 Å². The molecule has 3 aromatic rings. The van der Waals surface area contributed by atoms with Gasteiger partial charge in [0, 0.05) is 16.3 Å². The van der Waals surface area contributed by atoms with Crippen LogP contribution in [-0.4, -0.2) is 24.6 Å². The quantitative estimate of drug-likeness (QED) is 0.519. The zero-order valence-electron chi connectivity index (χ0n) is 16.0. The molecular formula is C22H22N2O4S. The molecular weight excluding hydrogens is 388 g/mol. The molecule has 2 N–H and O–H groups in total. The number of thiophene rings is 1. The Morgan fingerprint density at radius 1 is 0.966 bits per heavy atom. The Balaban J connectivity index is 1.39. The summed E-state index contributed by atoms with van der Waals surface area (Å²) in [5, 5.41) is 7.94. The molecule has 0 saturated carbocycles. The lowest BCUT2D eigenvalue weighted by atomic mass is 10.2. The normalized spacial score (nSPS) is 11.3. The summed E-state index contributed by atoms with van der Waals surface area (Å²) < 4.78 is 10.6. The molecule has 3 rings (SSSR count). The van der Waals surface area contributed by atoms with Gasteiger partial charge in [0.25, 0.3) is 5.91 Å². The maximum absolute atomic E-state index is 12.0. The fourth-order valence-corrected chi connectivity index (χ4v) is 3.13. The molecule has 7 heteroatoms. The number of esters is 1. The van der Waals surface area contributed by atoms with Gasteiger partial charge in [-0.15, -0.1) is 11.3 Å². The summed E-state index contributed by atoms with van der Waals surface area (Å²) in [4.78, 5) is 25.0. The van der Waals surface area contributed by atoms with Crippen LogP contribution in [0.2, 0.25) is 0 Å². The van der Waals surface area contributed by atoms with Crippen molar-refractivity contribution in [2.24, 2.45) is 0 Å². The second-order valence-corrected chi connectivity index (χ2v) is 7.27. The molecule has 0 fully saturated rings. The van der Waals surface area contributed by atoms with Crippen molar-refractivity contribution in [1.29, 1.82) is 0 Å². The monoisotopic (exact) mass is 410 g/mol. The van der Waals surface area contributed by atoms with Crippen molar-refractivity contribution in [2.45, 2.75) is 19.6 Å². The smallest absolute Gasteiger partial charge is 0.344 e. The third-order valence-electron chi connectivity index (χ3n) is 3.97. The molecule has 0 unspecified atom stereocenters. The van der Waals surface area contributed by atoms with E-state index in [0.29, 0.717) is 12.3 Å². The molecule has 0 bridgehead atoms. The number of nitrogens with one attached hydrogen (secondary N) is 2. The van der Waals surface area contributed by atoms with Gasteiger partial charge in [-0.1, -0.05) is 24.3 Å². The van der Waals surface area contributed by atoms with Gasteiger partial charge >= 0.3 is 5.97 Å². The molecule has 0 aliphatic rings. The van der Waals surface area contributed by atoms with Crippen LogP contribution in [0, 0.1) is 0 Å². The van der Waals surface area contributed by atoms with Crippen molar-refractivity contribution in [3.05, 3.63) is 77.0 Å². The topological polar surface area (TPSA) is 76.7 Å². The first-order valence-corrected chi connectivity index (χ1v) is 10.0. The second kappa shape index (κ2) is 10.3. The van der Waals surface area contributed by atoms with Crippen LogP contribution in [0.15, 0.2) is 72.1 Å². The summed E-state index contributed by atoms with van der Waals surface area (Å²) in [7, 11) is 0. The summed E-state index contributed by atoms with van der Waals surface area (Å²) in [6.07, 6.45) is -0.886. The Labute approximate surface area is 173 Å². The van der Waals surface area contributed by atoms with E-state index in [0.717, 1.165) is 16.3 Å². The molecule has 0 aliphatic heterocycles. The highest BCUT2D eigenvalue weighted by Gasteiger charge is 2.18. The Hall–Kier alpha value is -3.32. The lowest BCUT2D eigenvalue weighted by Gasteiger charge is -2.14. The van der Waals surface area contributed by atoms with E-state index in [1.54, 1.807) is 23.5 Å². The number of hydrogen-bond donors (Lipinski definition) is 2. The Bertz CT molecular complexity index is 912. The number of anilines is 2. The molecule has 6 nitrogen and oxygen atoms in total. The van der Waals surface area contributed by atoms with Gasteiger partial charge in [-0.05, 0) is 54.8 Å². The molecule has 1 amide bonds. The number of benzene rings is 2. The highest BCUT2D eigenvalue weighted by Crippen LogP contribution is 2.19. The van der Waals surface area contributed by atoms with Crippen molar-refractivity contribution in [1.82, 2.24) is 5.32 Å². The molecule has 1 heterocycles. The predicted octanol–water partition coefficient (Wildman–Crippen LogP) is 4.12. The van der Waals surface area contributed by atoms with Crippen molar-refractivity contribution >= 4 is 34.6 Å². The van der Waals surface area contributed by atoms with Gasteiger partial charge in [0.05, 0.1) is 6.54 Å². The van der Waals surface area contributed by atoms with E-state index in [-0.39, 0.29) is 12.5 Å².